The zero-order valence-electron chi connectivity index (χ0n) is 10.4. The maximum atomic E-state index is 12.1. The van der Waals surface area contributed by atoms with E-state index in [1.54, 1.807) is 13.1 Å². The summed E-state index contributed by atoms with van der Waals surface area (Å²) in [5.41, 5.74) is 1.63. The van der Waals surface area contributed by atoms with Crippen molar-refractivity contribution in [3.63, 3.8) is 0 Å². The fraction of sp³-hybridized carbons (Fsp3) is 0.462. The fourth-order valence-corrected chi connectivity index (χ4v) is 2.24. The molecule has 1 aliphatic heterocycles. The van der Waals surface area contributed by atoms with Gasteiger partial charge in [-0.15, -0.1) is 0 Å². The smallest absolute Gasteiger partial charge is 0.178 e. The van der Waals surface area contributed by atoms with Gasteiger partial charge < -0.3 is 15.0 Å². The second kappa shape index (κ2) is 6.18. The number of carbonyl (C=O) groups excluding carboxylic acids is 1. The van der Waals surface area contributed by atoms with Crippen LogP contribution in [0.15, 0.2) is 18.2 Å². The van der Waals surface area contributed by atoms with E-state index in [4.69, 9.17) is 16.3 Å². The van der Waals surface area contributed by atoms with Gasteiger partial charge in [0.15, 0.2) is 5.78 Å². The Labute approximate surface area is 112 Å². The molecule has 1 saturated heterocycles. The molecule has 0 saturated carbocycles. The van der Waals surface area contributed by atoms with Crippen molar-refractivity contribution < 1.29 is 9.53 Å². The molecule has 2 rings (SSSR count). The van der Waals surface area contributed by atoms with E-state index >= 15 is 0 Å². The molecule has 98 valence electrons. The highest BCUT2D eigenvalue weighted by Gasteiger charge is 2.18. The number of hydrogen-bond donors (Lipinski definition) is 1. The third-order valence-electron chi connectivity index (χ3n) is 2.95. The third-order valence-corrected chi connectivity index (χ3v) is 3.18. The first-order valence-corrected chi connectivity index (χ1v) is 6.40. The molecule has 0 amide bonds. The Morgan fingerprint density at radius 2 is 2.17 bits per heavy atom. The molecule has 1 aromatic rings. The number of Topliss-reactive ketones (excluding diaryl/α,β-unsaturated/α-hetero) is 1. The number of hydrogen-bond acceptors (Lipinski definition) is 4. The van der Waals surface area contributed by atoms with Gasteiger partial charge in [-0.3, -0.25) is 4.79 Å². The van der Waals surface area contributed by atoms with Crippen molar-refractivity contribution in [3.8, 4) is 0 Å². The van der Waals surface area contributed by atoms with Crippen LogP contribution in [0.5, 0.6) is 0 Å². The van der Waals surface area contributed by atoms with Crippen LogP contribution in [0.25, 0.3) is 0 Å². The molecule has 0 atom stereocenters. The summed E-state index contributed by atoms with van der Waals surface area (Å²) in [5.74, 6) is 0.0569. The van der Waals surface area contributed by atoms with E-state index in [2.05, 4.69) is 10.2 Å². The summed E-state index contributed by atoms with van der Waals surface area (Å²) in [6, 6.07) is 5.48. The zero-order chi connectivity index (χ0) is 13.0. The van der Waals surface area contributed by atoms with Crippen LogP contribution in [0.3, 0.4) is 0 Å². The van der Waals surface area contributed by atoms with Crippen LogP contribution in [0.4, 0.5) is 5.69 Å². The molecule has 4 nitrogen and oxygen atoms in total. The summed E-state index contributed by atoms with van der Waals surface area (Å²) in [6.45, 7) is 3.32. The normalized spacial score (nSPS) is 15.8. The minimum Gasteiger partial charge on any atom is -0.378 e. The molecule has 0 unspecified atom stereocenters. The number of nitrogens with zero attached hydrogens (tertiary/aromatic N) is 1. The summed E-state index contributed by atoms with van der Waals surface area (Å²) in [4.78, 5) is 14.3. The lowest BCUT2D eigenvalue weighted by Gasteiger charge is -2.30. The Bertz CT molecular complexity index is 431. The van der Waals surface area contributed by atoms with E-state index in [1.165, 1.54) is 0 Å². The lowest BCUT2D eigenvalue weighted by Crippen LogP contribution is -2.37. The molecule has 0 bridgehead atoms. The number of ether oxygens (including phenoxy) is 1. The van der Waals surface area contributed by atoms with Crippen LogP contribution < -0.4 is 10.2 Å². The quantitative estimate of drug-likeness (QED) is 0.842. The van der Waals surface area contributed by atoms with E-state index in [-0.39, 0.29) is 5.78 Å². The highest BCUT2D eigenvalue weighted by Crippen LogP contribution is 2.25. The van der Waals surface area contributed by atoms with Crippen LogP contribution in [-0.2, 0) is 4.74 Å². The topological polar surface area (TPSA) is 41.6 Å². The zero-order valence-corrected chi connectivity index (χ0v) is 11.2. The van der Waals surface area contributed by atoms with E-state index in [1.807, 2.05) is 12.1 Å². The van der Waals surface area contributed by atoms with Gasteiger partial charge in [0, 0.05) is 29.4 Å². The van der Waals surface area contributed by atoms with Crippen molar-refractivity contribution in [2.45, 2.75) is 0 Å². The maximum Gasteiger partial charge on any atom is 0.178 e. The number of nitrogens with one attached hydrogen (secondary N) is 1. The number of anilines is 1. The van der Waals surface area contributed by atoms with Crippen molar-refractivity contribution in [1.29, 1.82) is 0 Å². The van der Waals surface area contributed by atoms with Crippen molar-refractivity contribution in [1.82, 2.24) is 5.32 Å². The van der Waals surface area contributed by atoms with E-state index in [9.17, 15) is 4.79 Å². The van der Waals surface area contributed by atoms with Gasteiger partial charge in [-0.2, -0.15) is 0 Å². The second-order valence-corrected chi connectivity index (χ2v) is 4.65. The highest BCUT2D eigenvalue weighted by molar-refractivity contribution is 6.31. The van der Waals surface area contributed by atoms with Crippen molar-refractivity contribution in [2.75, 3.05) is 44.8 Å². The van der Waals surface area contributed by atoms with Crippen LogP contribution in [-0.4, -0.2) is 45.7 Å². The Kier molecular flexibility index (Phi) is 4.58. The molecule has 0 aromatic heterocycles. The Hall–Kier alpha value is -1.10. The summed E-state index contributed by atoms with van der Waals surface area (Å²) in [5, 5.41) is 3.47. The molecule has 1 fully saturated rings. The number of ketones is 1. The molecule has 0 radical (unpaired) electrons. The minimum absolute atomic E-state index is 0.0569. The SMILES string of the molecule is CNCC(=O)c1cc(Cl)ccc1N1CCOCC1. The maximum absolute atomic E-state index is 12.1. The molecule has 18 heavy (non-hydrogen) atoms. The predicted molar refractivity (Wildman–Crippen MR) is 72.7 cm³/mol. The van der Waals surface area contributed by atoms with E-state index in [0.717, 1.165) is 18.8 Å². The van der Waals surface area contributed by atoms with E-state index < -0.39 is 0 Å². The third kappa shape index (κ3) is 3.02. The molecule has 1 heterocycles. The standard InChI is InChI=1S/C13H17ClN2O2/c1-15-9-13(17)11-8-10(14)2-3-12(11)16-4-6-18-7-5-16/h2-3,8,15H,4-7,9H2,1H3. The van der Waals surface area contributed by atoms with Crippen LogP contribution in [0, 0.1) is 0 Å². The average molecular weight is 269 g/mol. The Morgan fingerprint density at radius 3 is 2.83 bits per heavy atom. The van der Waals surface area contributed by atoms with Gasteiger partial charge >= 0.3 is 0 Å². The summed E-state index contributed by atoms with van der Waals surface area (Å²) in [7, 11) is 1.76. The summed E-state index contributed by atoms with van der Waals surface area (Å²) in [6.07, 6.45) is 0. The lowest BCUT2D eigenvalue weighted by molar-refractivity contribution is 0.0992. The first-order valence-electron chi connectivity index (χ1n) is 6.02. The molecule has 5 heteroatoms. The van der Waals surface area contributed by atoms with Gasteiger partial charge in [-0.05, 0) is 25.2 Å². The fourth-order valence-electron chi connectivity index (χ4n) is 2.07. The van der Waals surface area contributed by atoms with Gasteiger partial charge in [0.2, 0.25) is 0 Å². The number of likely N-dealkylation sites (N-methyl/N-ethyl adjacent to an activating group) is 1. The van der Waals surface area contributed by atoms with Crippen LogP contribution in [0.2, 0.25) is 5.02 Å². The molecular weight excluding hydrogens is 252 g/mol. The van der Waals surface area contributed by atoms with Crippen LogP contribution >= 0.6 is 11.6 Å². The minimum atomic E-state index is 0.0569. The van der Waals surface area contributed by atoms with Crippen molar-refractivity contribution in [3.05, 3.63) is 28.8 Å². The van der Waals surface area contributed by atoms with Crippen molar-refractivity contribution in [2.24, 2.45) is 0 Å². The molecule has 1 N–H and O–H groups in total. The van der Waals surface area contributed by atoms with Gasteiger partial charge in [0.05, 0.1) is 19.8 Å². The number of rotatable bonds is 4. The van der Waals surface area contributed by atoms with Gasteiger partial charge in [0.25, 0.3) is 0 Å². The lowest BCUT2D eigenvalue weighted by atomic mass is 10.1. The van der Waals surface area contributed by atoms with E-state index in [0.29, 0.717) is 30.3 Å². The number of benzene rings is 1. The molecule has 0 spiro atoms. The largest absolute Gasteiger partial charge is 0.378 e. The molecule has 0 aliphatic carbocycles. The average Bonchev–Trinajstić information content (AvgIpc) is 2.40. The number of morpholine rings is 1. The Morgan fingerprint density at radius 1 is 1.44 bits per heavy atom. The predicted octanol–water partition coefficient (Wildman–Crippen LogP) is 1.58. The first kappa shape index (κ1) is 13.3. The van der Waals surface area contributed by atoms with Gasteiger partial charge in [0.1, 0.15) is 0 Å². The molecule has 1 aliphatic rings. The Balaban J connectivity index is 2.30. The summed E-state index contributed by atoms with van der Waals surface area (Å²) < 4.78 is 5.33. The second-order valence-electron chi connectivity index (χ2n) is 4.21. The monoisotopic (exact) mass is 268 g/mol. The number of carbonyl (C=O) groups is 1. The molecule has 1 aromatic carbocycles. The van der Waals surface area contributed by atoms with Gasteiger partial charge in [-0.1, -0.05) is 11.6 Å². The molecular formula is C13H17ClN2O2. The number of halogens is 1. The first-order chi connectivity index (χ1) is 8.72. The van der Waals surface area contributed by atoms with Crippen LogP contribution in [0.1, 0.15) is 10.4 Å². The summed E-state index contributed by atoms with van der Waals surface area (Å²) >= 11 is 5.98. The highest BCUT2D eigenvalue weighted by atomic mass is 35.5. The van der Waals surface area contributed by atoms with Gasteiger partial charge in [-0.25, -0.2) is 0 Å². The van der Waals surface area contributed by atoms with Crippen molar-refractivity contribution >= 4 is 23.1 Å².